The van der Waals surface area contributed by atoms with E-state index < -0.39 is 0 Å². The van der Waals surface area contributed by atoms with Crippen LogP contribution in [-0.2, 0) is 12.8 Å². The molecule has 43 heavy (non-hydrogen) atoms. The van der Waals surface area contributed by atoms with Gasteiger partial charge in [-0.25, -0.2) is 4.98 Å². The van der Waals surface area contributed by atoms with Crippen LogP contribution in [0.15, 0.2) is 42.9 Å². The first kappa shape index (κ1) is 31.3. The Labute approximate surface area is 273 Å². The maximum atomic E-state index is 5.96. The number of nitrogens with zero attached hydrogens (tertiary/aromatic N) is 9. The Bertz CT molecular complexity index is 1580. The summed E-state index contributed by atoms with van der Waals surface area (Å²) < 4.78 is 10.2. The number of fused-ring (bicyclic) bond motifs is 1. The molecular formula is C31H40IN9OS. The number of benzene rings is 2. The molecule has 5 rings (SSSR count). The lowest BCUT2D eigenvalue weighted by atomic mass is 10.1. The quantitative estimate of drug-likeness (QED) is 0.106. The zero-order valence-corrected chi connectivity index (χ0v) is 29.0. The lowest BCUT2D eigenvalue weighted by Crippen LogP contribution is -2.44. The summed E-state index contributed by atoms with van der Waals surface area (Å²) in [5, 5.41) is 0. The van der Waals surface area contributed by atoms with Crippen LogP contribution in [0.3, 0.4) is 0 Å². The molecule has 1 saturated heterocycles. The third-order valence-electron chi connectivity index (χ3n) is 8.05. The van der Waals surface area contributed by atoms with Gasteiger partial charge in [0.25, 0.3) is 0 Å². The molecule has 228 valence electrons. The molecule has 1 aliphatic heterocycles. The van der Waals surface area contributed by atoms with Crippen LogP contribution in [0.25, 0.3) is 11.0 Å². The minimum absolute atomic E-state index is 0.599. The third-order valence-corrected chi connectivity index (χ3v) is 9.76. The molecule has 2 aromatic carbocycles. The van der Waals surface area contributed by atoms with Gasteiger partial charge in [0.2, 0.25) is 5.95 Å². The number of halogens is 1. The minimum atomic E-state index is 0.599. The molecule has 0 radical (unpaired) electrons. The smallest absolute Gasteiger partial charge is 0.231 e. The number of piperazine rings is 1. The van der Waals surface area contributed by atoms with Crippen molar-refractivity contribution in [3.8, 4) is 5.75 Å². The summed E-state index contributed by atoms with van der Waals surface area (Å²) in [6.07, 6.45) is 9.17. The number of hydrogen-bond donors (Lipinski definition) is 0. The zero-order valence-electron chi connectivity index (χ0n) is 26.0. The third kappa shape index (κ3) is 6.27. The normalized spacial score (nSPS) is 13.8. The van der Waals surface area contributed by atoms with Crippen LogP contribution in [0.5, 0.6) is 5.75 Å². The molecule has 0 unspecified atom stereocenters. The van der Waals surface area contributed by atoms with Crippen molar-refractivity contribution in [1.29, 1.82) is 0 Å². The van der Waals surface area contributed by atoms with E-state index in [4.69, 9.17) is 14.7 Å². The summed E-state index contributed by atoms with van der Waals surface area (Å²) in [4.78, 5) is 26.1. The summed E-state index contributed by atoms with van der Waals surface area (Å²) >= 11 is 3.98. The van der Waals surface area contributed by atoms with Crippen molar-refractivity contribution >= 4 is 80.4 Å². The SMILES string of the molecule is CCc1cc(N(C)c2ncc(CC)c(N(I)c3ccc4nccnc4c3N(C)SC)n2)c(OC)cc1N1CCN(C)CC1. The van der Waals surface area contributed by atoms with Crippen LogP contribution >= 0.6 is 34.8 Å². The molecule has 1 fully saturated rings. The monoisotopic (exact) mass is 713 g/mol. The highest BCUT2D eigenvalue weighted by Gasteiger charge is 2.25. The Morgan fingerprint density at radius 1 is 0.953 bits per heavy atom. The average molecular weight is 714 g/mol. The first-order valence-electron chi connectivity index (χ1n) is 14.5. The molecular weight excluding hydrogens is 673 g/mol. The molecule has 0 amide bonds. The lowest BCUT2D eigenvalue weighted by Gasteiger charge is -2.36. The molecule has 0 spiro atoms. The molecule has 10 nitrogen and oxygen atoms in total. The van der Waals surface area contributed by atoms with Crippen LogP contribution in [0.4, 0.5) is 34.5 Å². The zero-order chi connectivity index (χ0) is 30.7. The second-order valence-electron chi connectivity index (χ2n) is 10.5. The van der Waals surface area contributed by atoms with Crippen LogP contribution < -0.4 is 22.0 Å². The van der Waals surface area contributed by atoms with Crippen molar-refractivity contribution < 1.29 is 4.74 Å². The standard InChI is InChI=1S/C31H40IN9OS/c1-8-21-18-26(27(42-6)19-25(21)40-16-14-37(3)15-17-40)38(4)31-35-20-22(9-2)30(36-31)41(32)24-11-10-23-28(34-13-12-33-23)29(24)39(5)43-7/h10-13,18-20H,8-9,14-17H2,1-7H3. The van der Waals surface area contributed by atoms with Gasteiger partial charge in [-0.15, -0.1) is 0 Å². The Morgan fingerprint density at radius 3 is 2.35 bits per heavy atom. The van der Waals surface area contributed by atoms with Crippen LogP contribution in [0, 0.1) is 0 Å². The number of anilines is 6. The number of ether oxygens (including phenoxy) is 1. The van der Waals surface area contributed by atoms with E-state index in [1.165, 1.54) is 11.3 Å². The van der Waals surface area contributed by atoms with Gasteiger partial charge in [0.05, 0.1) is 52.6 Å². The molecule has 1 aliphatic rings. The van der Waals surface area contributed by atoms with Gasteiger partial charge in [0.1, 0.15) is 11.3 Å². The van der Waals surface area contributed by atoms with Crippen LogP contribution in [-0.4, -0.2) is 85.5 Å². The number of hydrogen-bond acceptors (Lipinski definition) is 11. The lowest BCUT2D eigenvalue weighted by molar-refractivity contribution is 0.312. The number of likely N-dealkylation sites (N-methyl/N-ethyl adjacent to an activating group) is 1. The van der Waals surface area contributed by atoms with Gasteiger partial charge >= 0.3 is 0 Å². The number of methoxy groups -OCH3 is 1. The van der Waals surface area contributed by atoms with E-state index in [0.29, 0.717) is 5.95 Å². The van der Waals surface area contributed by atoms with Crippen LogP contribution in [0.2, 0.25) is 0 Å². The summed E-state index contributed by atoms with van der Waals surface area (Å²) in [7, 11) is 7.97. The molecule has 0 N–H and O–H groups in total. The second kappa shape index (κ2) is 13.7. The highest BCUT2D eigenvalue weighted by Crippen LogP contribution is 2.44. The maximum Gasteiger partial charge on any atom is 0.231 e. The van der Waals surface area contributed by atoms with Gasteiger partial charge in [-0.05, 0) is 43.7 Å². The molecule has 2 aromatic heterocycles. The van der Waals surface area contributed by atoms with E-state index in [0.717, 1.165) is 84.2 Å². The summed E-state index contributed by atoms with van der Waals surface area (Å²) in [5.41, 5.74) is 8.19. The average Bonchev–Trinajstić information content (AvgIpc) is 3.06. The van der Waals surface area contributed by atoms with Gasteiger partial charge in [-0.1, -0.05) is 25.8 Å². The van der Waals surface area contributed by atoms with Crippen molar-refractivity contribution in [3.63, 3.8) is 0 Å². The molecule has 12 heteroatoms. The highest BCUT2D eigenvalue weighted by atomic mass is 127. The van der Waals surface area contributed by atoms with Crippen molar-refractivity contribution in [2.75, 3.05) is 77.9 Å². The van der Waals surface area contributed by atoms with E-state index in [-0.39, 0.29) is 0 Å². The fourth-order valence-electron chi connectivity index (χ4n) is 5.41. The van der Waals surface area contributed by atoms with Crippen molar-refractivity contribution in [3.05, 3.63) is 54.0 Å². The molecule has 3 heterocycles. The van der Waals surface area contributed by atoms with Gasteiger partial charge in [0, 0.05) is 82.4 Å². The molecule has 0 aliphatic carbocycles. The first-order valence-corrected chi connectivity index (χ1v) is 16.7. The van der Waals surface area contributed by atoms with Crippen molar-refractivity contribution in [2.45, 2.75) is 26.7 Å². The highest BCUT2D eigenvalue weighted by molar-refractivity contribution is 14.1. The van der Waals surface area contributed by atoms with Crippen molar-refractivity contribution in [1.82, 2.24) is 24.8 Å². The van der Waals surface area contributed by atoms with E-state index in [9.17, 15) is 0 Å². The van der Waals surface area contributed by atoms with Gasteiger partial charge in [-0.2, -0.15) is 4.98 Å². The summed E-state index contributed by atoms with van der Waals surface area (Å²) in [5.74, 6) is 2.24. The van der Waals surface area contributed by atoms with Gasteiger partial charge in [-0.3, -0.25) is 13.1 Å². The summed E-state index contributed by atoms with van der Waals surface area (Å²) in [6.45, 7) is 8.46. The van der Waals surface area contributed by atoms with Gasteiger partial charge < -0.3 is 23.7 Å². The largest absolute Gasteiger partial charge is 0.494 e. The predicted octanol–water partition coefficient (Wildman–Crippen LogP) is 6.28. The van der Waals surface area contributed by atoms with Gasteiger partial charge in [0.15, 0.2) is 5.82 Å². The minimum Gasteiger partial charge on any atom is -0.494 e. The van der Waals surface area contributed by atoms with Crippen molar-refractivity contribution in [2.24, 2.45) is 0 Å². The Morgan fingerprint density at radius 2 is 1.67 bits per heavy atom. The molecule has 0 atom stereocenters. The maximum absolute atomic E-state index is 5.96. The summed E-state index contributed by atoms with van der Waals surface area (Å²) in [6, 6.07) is 8.52. The fraction of sp³-hybridized carbons (Fsp3) is 0.419. The number of aromatic nitrogens is 4. The van der Waals surface area contributed by atoms with E-state index in [2.05, 4.69) is 95.4 Å². The van der Waals surface area contributed by atoms with E-state index >= 15 is 0 Å². The fourth-order valence-corrected chi connectivity index (χ4v) is 6.58. The topological polar surface area (TPSA) is 77.0 Å². The number of rotatable bonds is 10. The van der Waals surface area contributed by atoms with E-state index in [1.807, 2.05) is 31.3 Å². The van der Waals surface area contributed by atoms with Crippen LogP contribution in [0.1, 0.15) is 25.0 Å². The predicted molar refractivity (Wildman–Crippen MR) is 189 cm³/mol. The molecule has 0 bridgehead atoms. The first-order chi connectivity index (χ1) is 20.8. The Hall–Kier alpha value is -3.10. The molecule has 4 aromatic rings. The Kier molecular flexibility index (Phi) is 9.97. The number of aryl methyl sites for hydroxylation is 2. The van der Waals surface area contributed by atoms with E-state index in [1.54, 1.807) is 31.5 Å². The molecule has 0 saturated carbocycles. The Balaban J connectivity index is 1.56. The second-order valence-corrected chi connectivity index (χ2v) is 12.4.